The van der Waals surface area contributed by atoms with Crippen molar-refractivity contribution < 1.29 is 14.3 Å². The Morgan fingerprint density at radius 3 is 1.52 bits per heavy atom. The number of carbonyl (C=O) groups excluding carboxylic acids is 1. The molecule has 5 heteroatoms. The maximum Gasteiger partial charge on any atom is 0.330 e. The SMILES string of the molecule is C=CC(=O)OCCCOc1ccc(N(c2ccccc2)c2ccc(-c3ccc(N(c4ccccc4)c4cccc(C)c4)cc3)cc2)cc1. The highest BCUT2D eigenvalue weighted by Crippen LogP contribution is 2.38. The molecule has 5 nitrogen and oxygen atoms in total. The number of aryl methyl sites for hydroxylation is 1. The first-order valence-corrected chi connectivity index (χ1v) is 16.1. The van der Waals surface area contributed by atoms with Crippen LogP contribution in [0.2, 0.25) is 0 Å². The van der Waals surface area contributed by atoms with Gasteiger partial charge in [-0.1, -0.05) is 79.4 Å². The van der Waals surface area contributed by atoms with Crippen LogP contribution in [0.15, 0.2) is 170 Å². The highest BCUT2D eigenvalue weighted by atomic mass is 16.5. The van der Waals surface area contributed by atoms with Gasteiger partial charge in [0.1, 0.15) is 5.75 Å². The molecule has 6 rings (SSSR count). The second-order valence-electron chi connectivity index (χ2n) is 11.3. The van der Waals surface area contributed by atoms with Crippen LogP contribution < -0.4 is 14.5 Å². The number of ether oxygens (including phenoxy) is 2. The number of benzene rings is 6. The van der Waals surface area contributed by atoms with Crippen molar-refractivity contribution in [2.24, 2.45) is 0 Å². The van der Waals surface area contributed by atoms with Crippen molar-refractivity contribution in [1.82, 2.24) is 0 Å². The van der Waals surface area contributed by atoms with Crippen molar-refractivity contribution in [2.45, 2.75) is 13.3 Å². The van der Waals surface area contributed by atoms with Gasteiger partial charge in [0.2, 0.25) is 0 Å². The summed E-state index contributed by atoms with van der Waals surface area (Å²) in [4.78, 5) is 15.7. The minimum atomic E-state index is -0.421. The third kappa shape index (κ3) is 7.83. The van der Waals surface area contributed by atoms with E-state index in [-0.39, 0.29) is 0 Å². The molecule has 0 saturated carbocycles. The molecule has 6 aromatic rings. The van der Waals surface area contributed by atoms with Crippen molar-refractivity contribution in [3.8, 4) is 16.9 Å². The first-order valence-electron chi connectivity index (χ1n) is 16.1. The third-order valence-electron chi connectivity index (χ3n) is 7.94. The molecule has 0 aliphatic heterocycles. The van der Waals surface area contributed by atoms with Gasteiger partial charge in [0.25, 0.3) is 0 Å². The zero-order chi connectivity index (χ0) is 33.1. The molecule has 0 amide bonds. The highest BCUT2D eigenvalue weighted by Gasteiger charge is 2.15. The fourth-order valence-corrected chi connectivity index (χ4v) is 5.59. The van der Waals surface area contributed by atoms with Crippen LogP contribution in [0.3, 0.4) is 0 Å². The zero-order valence-electron chi connectivity index (χ0n) is 27.0. The molecule has 238 valence electrons. The minimum Gasteiger partial charge on any atom is -0.493 e. The zero-order valence-corrected chi connectivity index (χ0v) is 27.0. The van der Waals surface area contributed by atoms with Crippen molar-refractivity contribution in [3.05, 3.63) is 176 Å². The van der Waals surface area contributed by atoms with Crippen LogP contribution in [-0.2, 0) is 9.53 Å². The lowest BCUT2D eigenvalue weighted by molar-refractivity contribution is -0.137. The second-order valence-corrected chi connectivity index (χ2v) is 11.3. The van der Waals surface area contributed by atoms with Crippen LogP contribution in [0.1, 0.15) is 12.0 Å². The maximum absolute atomic E-state index is 11.2. The Hall–Kier alpha value is -6.07. The largest absolute Gasteiger partial charge is 0.493 e. The first kappa shape index (κ1) is 31.9. The van der Waals surface area contributed by atoms with Crippen LogP contribution in [-0.4, -0.2) is 19.2 Å². The van der Waals surface area contributed by atoms with Gasteiger partial charge in [-0.05, 0) is 109 Å². The van der Waals surface area contributed by atoms with E-state index in [0.717, 1.165) is 57.1 Å². The summed E-state index contributed by atoms with van der Waals surface area (Å²) in [6.45, 7) is 6.28. The number of hydrogen-bond acceptors (Lipinski definition) is 5. The minimum absolute atomic E-state index is 0.296. The quantitative estimate of drug-likeness (QED) is 0.0721. The number of esters is 1. The molecule has 0 aromatic heterocycles. The van der Waals surface area contributed by atoms with E-state index in [2.05, 4.69) is 145 Å². The average molecular weight is 631 g/mol. The first-order chi connectivity index (χ1) is 23.6. The fraction of sp³-hybridized carbons (Fsp3) is 0.0930. The van der Waals surface area contributed by atoms with E-state index in [9.17, 15) is 4.79 Å². The predicted octanol–water partition coefficient (Wildman–Crippen LogP) is 11.1. The molecule has 0 radical (unpaired) electrons. The molecule has 0 aliphatic carbocycles. The van der Waals surface area contributed by atoms with Crippen molar-refractivity contribution in [1.29, 1.82) is 0 Å². The predicted molar refractivity (Wildman–Crippen MR) is 197 cm³/mol. The molecule has 0 unspecified atom stereocenters. The lowest BCUT2D eigenvalue weighted by Gasteiger charge is -2.26. The molecule has 0 spiro atoms. The Labute approximate surface area is 282 Å². The van der Waals surface area contributed by atoms with E-state index in [1.54, 1.807) is 0 Å². The average Bonchev–Trinajstić information content (AvgIpc) is 3.14. The van der Waals surface area contributed by atoms with Crippen LogP contribution >= 0.6 is 0 Å². The van der Waals surface area contributed by atoms with Gasteiger partial charge in [0.05, 0.1) is 13.2 Å². The second kappa shape index (κ2) is 15.5. The van der Waals surface area contributed by atoms with Gasteiger partial charge >= 0.3 is 5.97 Å². The Morgan fingerprint density at radius 2 is 1.02 bits per heavy atom. The van der Waals surface area contributed by atoms with Crippen molar-refractivity contribution in [2.75, 3.05) is 23.0 Å². The van der Waals surface area contributed by atoms with Crippen LogP contribution in [0.5, 0.6) is 5.75 Å². The number of nitrogens with zero attached hydrogens (tertiary/aromatic N) is 2. The van der Waals surface area contributed by atoms with E-state index < -0.39 is 5.97 Å². The van der Waals surface area contributed by atoms with E-state index >= 15 is 0 Å². The molecule has 6 aromatic carbocycles. The van der Waals surface area contributed by atoms with Gasteiger partial charge < -0.3 is 19.3 Å². The summed E-state index contributed by atoms with van der Waals surface area (Å²) >= 11 is 0. The molecule has 0 aliphatic rings. The normalized spacial score (nSPS) is 10.6. The Kier molecular flexibility index (Phi) is 10.3. The lowest BCUT2D eigenvalue weighted by atomic mass is 10.0. The standard InChI is InChI=1S/C43H38N2O3/c1-3-43(46)48-31-11-30-47-42-28-26-40(27-29-42)44(36-13-6-4-7-14-36)38-22-18-34(19-23-38)35-20-24-39(25-21-35)45(37-15-8-5-9-16-37)41-17-10-12-33(2)32-41/h3-10,12-29,32H,1,11,30-31H2,2H3. The van der Waals surface area contributed by atoms with E-state index in [1.165, 1.54) is 5.56 Å². The number of carbonyl (C=O) groups is 1. The summed E-state index contributed by atoms with van der Waals surface area (Å²) in [5.74, 6) is 0.337. The lowest BCUT2D eigenvalue weighted by Crippen LogP contribution is -2.10. The topological polar surface area (TPSA) is 42.0 Å². The Bertz CT molecular complexity index is 1920. The van der Waals surface area contributed by atoms with Crippen LogP contribution in [0.4, 0.5) is 34.1 Å². The third-order valence-corrected chi connectivity index (χ3v) is 7.94. The van der Waals surface area contributed by atoms with Gasteiger partial charge in [-0.15, -0.1) is 0 Å². The molecular formula is C43H38N2O3. The summed E-state index contributed by atoms with van der Waals surface area (Å²) in [7, 11) is 0. The molecule has 0 atom stereocenters. The maximum atomic E-state index is 11.2. The monoisotopic (exact) mass is 630 g/mol. The summed E-state index contributed by atoms with van der Waals surface area (Å²) < 4.78 is 10.9. The van der Waals surface area contributed by atoms with Crippen molar-refractivity contribution in [3.63, 3.8) is 0 Å². The van der Waals surface area contributed by atoms with Crippen LogP contribution in [0, 0.1) is 6.92 Å². The number of rotatable bonds is 13. The molecule has 0 fully saturated rings. The van der Waals surface area contributed by atoms with E-state index in [1.807, 2.05) is 36.4 Å². The summed E-state index contributed by atoms with van der Waals surface area (Å²) in [5, 5.41) is 0. The molecule has 0 heterocycles. The van der Waals surface area contributed by atoms with Gasteiger partial charge in [0.15, 0.2) is 0 Å². The van der Waals surface area contributed by atoms with E-state index in [0.29, 0.717) is 19.6 Å². The number of para-hydroxylation sites is 2. The Morgan fingerprint density at radius 1 is 0.562 bits per heavy atom. The molecule has 0 saturated heterocycles. The summed E-state index contributed by atoms with van der Waals surface area (Å²) in [6, 6.07) is 54.8. The highest BCUT2D eigenvalue weighted by molar-refractivity contribution is 5.82. The molecule has 0 bridgehead atoms. The van der Waals surface area contributed by atoms with Gasteiger partial charge in [0, 0.05) is 46.6 Å². The van der Waals surface area contributed by atoms with Gasteiger partial charge in [-0.2, -0.15) is 0 Å². The van der Waals surface area contributed by atoms with Crippen molar-refractivity contribution >= 4 is 40.1 Å². The fourth-order valence-electron chi connectivity index (χ4n) is 5.59. The molecule has 48 heavy (non-hydrogen) atoms. The summed E-state index contributed by atoms with van der Waals surface area (Å²) in [5.41, 5.74) is 9.99. The van der Waals surface area contributed by atoms with Crippen LogP contribution in [0.25, 0.3) is 11.1 Å². The van der Waals surface area contributed by atoms with Gasteiger partial charge in [-0.3, -0.25) is 0 Å². The van der Waals surface area contributed by atoms with E-state index in [4.69, 9.17) is 9.47 Å². The molecular weight excluding hydrogens is 592 g/mol. The number of hydrogen-bond donors (Lipinski definition) is 0. The smallest absolute Gasteiger partial charge is 0.330 e. The summed E-state index contributed by atoms with van der Waals surface area (Å²) in [6.07, 6.45) is 1.76. The Balaban J connectivity index is 1.21. The number of anilines is 6. The molecule has 0 N–H and O–H groups in total. The van der Waals surface area contributed by atoms with Gasteiger partial charge in [-0.25, -0.2) is 4.79 Å².